The summed E-state index contributed by atoms with van der Waals surface area (Å²) in [5, 5.41) is 10.9. The minimum absolute atomic E-state index is 0.00462. The number of carbonyl (C=O) groups is 1. The highest BCUT2D eigenvalue weighted by atomic mass is 16.5. The second-order valence-corrected chi connectivity index (χ2v) is 9.73. The first-order valence-corrected chi connectivity index (χ1v) is 10.7. The fourth-order valence-corrected chi connectivity index (χ4v) is 5.03. The van der Waals surface area contributed by atoms with Crippen LogP contribution in [0.15, 0.2) is 34.6 Å². The number of carbonyl (C=O) groups excluding carboxylic acids is 1. The molecule has 2 atom stereocenters. The van der Waals surface area contributed by atoms with Gasteiger partial charge in [-0.1, -0.05) is 46.5 Å². The maximum absolute atomic E-state index is 12.1. The summed E-state index contributed by atoms with van der Waals surface area (Å²) in [7, 11) is 0. The molecule has 0 bridgehead atoms. The van der Waals surface area contributed by atoms with E-state index in [0.29, 0.717) is 18.6 Å². The lowest BCUT2D eigenvalue weighted by atomic mass is 9.68. The second kappa shape index (κ2) is 7.58. The van der Waals surface area contributed by atoms with Crippen molar-refractivity contribution in [3.8, 4) is 0 Å². The van der Waals surface area contributed by atoms with E-state index in [4.69, 9.17) is 4.74 Å². The van der Waals surface area contributed by atoms with E-state index in [1.54, 1.807) is 0 Å². The van der Waals surface area contributed by atoms with Crippen LogP contribution in [0.25, 0.3) is 0 Å². The summed E-state index contributed by atoms with van der Waals surface area (Å²) < 4.78 is 6.47. The average molecular weight is 373 g/mol. The molecule has 3 aliphatic rings. The van der Waals surface area contributed by atoms with E-state index in [1.165, 1.54) is 25.7 Å². The highest BCUT2D eigenvalue weighted by molar-refractivity contribution is 5.83. The van der Waals surface area contributed by atoms with Crippen LogP contribution in [-0.4, -0.2) is 22.6 Å². The Labute approximate surface area is 164 Å². The van der Waals surface area contributed by atoms with E-state index in [1.807, 2.05) is 6.08 Å². The Morgan fingerprint density at radius 2 is 2.00 bits per heavy atom. The third kappa shape index (κ3) is 4.08. The Balaban J connectivity index is 1.90. The first-order chi connectivity index (χ1) is 12.7. The summed E-state index contributed by atoms with van der Waals surface area (Å²) in [6.07, 6.45) is 11.9. The number of aliphatic hydroxyl groups excluding tert-OH is 1. The monoisotopic (exact) mass is 372 g/mol. The zero-order valence-corrected chi connectivity index (χ0v) is 17.7. The molecule has 0 unspecified atom stereocenters. The minimum Gasteiger partial charge on any atom is -0.508 e. The van der Waals surface area contributed by atoms with E-state index in [2.05, 4.69) is 40.7 Å². The zero-order valence-electron chi connectivity index (χ0n) is 17.7. The van der Waals surface area contributed by atoms with Crippen LogP contribution < -0.4 is 0 Å². The van der Waals surface area contributed by atoms with Crippen LogP contribution in [0.5, 0.6) is 0 Å². The molecule has 1 aliphatic heterocycles. The highest BCUT2D eigenvalue weighted by Gasteiger charge is 2.46. The molecule has 0 spiro atoms. The minimum atomic E-state index is -0.311. The van der Waals surface area contributed by atoms with E-state index < -0.39 is 0 Å². The number of fused-ring (bicyclic) bond motifs is 2. The van der Waals surface area contributed by atoms with E-state index in [0.717, 1.165) is 29.6 Å². The Bertz CT molecular complexity index is 690. The van der Waals surface area contributed by atoms with Crippen LogP contribution in [-0.2, 0) is 9.53 Å². The van der Waals surface area contributed by atoms with Crippen molar-refractivity contribution < 1.29 is 14.6 Å². The number of allylic oxidation sites excluding steroid dienone is 2. The molecule has 0 aromatic carbocycles. The topological polar surface area (TPSA) is 46.5 Å². The molecule has 1 saturated carbocycles. The number of hydrogen-bond donors (Lipinski definition) is 1. The van der Waals surface area contributed by atoms with Crippen LogP contribution in [0.2, 0.25) is 0 Å². The molecule has 0 saturated heterocycles. The predicted octanol–water partition coefficient (Wildman–Crippen LogP) is 6.21. The number of hydrogen-bond acceptors (Lipinski definition) is 3. The smallest absolute Gasteiger partial charge is 0.136 e. The summed E-state index contributed by atoms with van der Waals surface area (Å²) in [4.78, 5) is 12.1. The average Bonchev–Trinajstić information content (AvgIpc) is 2.57. The van der Waals surface area contributed by atoms with Crippen molar-refractivity contribution in [2.75, 3.05) is 0 Å². The van der Waals surface area contributed by atoms with Gasteiger partial charge in [-0.05, 0) is 55.4 Å². The van der Waals surface area contributed by atoms with Crippen LogP contribution in [0.4, 0.5) is 0 Å². The number of ether oxygens (including phenoxy) is 1. The standard InChI is InChI=1S/C24H36O3/c1-6-7-8-9-12-23(2,3)16-13-20(26)22-18-15-17(25)10-11-19(18)24(4,5)27-21(22)14-16/h13-14,19,21,26H,6-12,15H2,1-5H3/t19-,21-/m0/s1. The van der Waals surface area contributed by atoms with Crippen molar-refractivity contribution in [2.45, 2.75) is 97.7 Å². The number of Topliss-reactive ketones (excluding diaryl/α,β-unsaturated/α-hetero) is 1. The van der Waals surface area contributed by atoms with Crippen molar-refractivity contribution in [1.82, 2.24) is 0 Å². The molecule has 0 aromatic heterocycles. The normalized spacial score (nSPS) is 27.7. The van der Waals surface area contributed by atoms with Gasteiger partial charge in [-0.25, -0.2) is 0 Å². The number of unbranched alkanes of at least 4 members (excludes halogenated alkanes) is 3. The first-order valence-electron chi connectivity index (χ1n) is 10.7. The highest BCUT2D eigenvalue weighted by Crippen LogP contribution is 2.49. The van der Waals surface area contributed by atoms with E-state index >= 15 is 0 Å². The van der Waals surface area contributed by atoms with E-state index in [9.17, 15) is 9.90 Å². The molecule has 1 fully saturated rings. The molecule has 150 valence electrons. The summed E-state index contributed by atoms with van der Waals surface area (Å²) in [6.45, 7) is 11.0. The lowest BCUT2D eigenvalue weighted by molar-refractivity contribution is -0.124. The molecule has 1 N–H and O–H groups in total. The Morgan fingerprint density at radius 1 is 1.26 bits per heavy atom. The van der Waals surface area contributed by atoms with Gasteiger partial charge in [0.25, 0.3) is 0 Å². The number of aliphatic hydroxyl groups is 1. The zero-order chi connectivity index (χ0) is 19.8. The van der Waals surface area contributed by atoms with E-state index in [-0.39, 0.29) is 28.8 Å². The molecule has 27 heavy (non-hydrogen) atoms. The summed E-state index contributed by atoms with van der Waals surface area (Å²) in [5.74, 6) is 0.808. The van der Waals surface area contributed by atoms with Gasteiger partial charge in [0.1, 0.15) is 17.6 Å². The summed E-state index contributed by atoms with van der Waals surface area (Å²) in [6, 6.07) is 0. The van der Waals surface area contributed by atoms with Crippen molar-refractivity contribution in [3.05, 3.63) is 34.6 Å². The van der Waals surface area contributed by atoms with Gasteiger partial charge in [0.05, 0.1) is 5.60 Å². The largest absolute Gasteiger partial charge is 0.508 e. The molecule has 0 amide bonds. The quantitative estimate of drug-likeness (QED) is 0.564. The van der Waals surface area contributed by atoms with Gasteiger partial charge < -0.3 is 9.84 Å². The molecule has 2 aliphatic carbocycles. The maximum atomic E-state index is 12.1. The molecule has 0 aromatic rings. The summed E-state index contributed by atoms with van der Waals surface area (Å²) in [5.41, 5.74) is 2.82. The molecule has 3 rings (SSSR count). The summed E-state index contributed by atoms with van der Waals surface area (Å²) >= 11 is 0. The van der Waals surface area contributed by atoms with Crippen LogP contribution in [0.1, 0.15) is 86.0 Å². The van der Waals surface area contributed by atoms with Gasteiger partial charge >= 0.3 is 0 Å². The molecule has 0 radical (unpaired) electrons. The fraction of sp³-hybridized carbons (Fsp3) is 0.708. The molecule has 1 heterocycles. The SMILES string of the molecule is CCCCCCC(C)(C)C1=C[C@@H]2OC(C)(C)[C@H]3CCC(=O)CC3=C2C(O)=C1. The molecule has 3 heteroatoms. The van der Waals surface area contributed by atoms with Gasteiger partial charge in [0, 0.05) is 24.3 Å². The van der Waals surface area contributed by atoms with Gasteiger partial charge in [-0.15, -0.1) is 0 Å². The second-order valence-electron chi connectivity index (χ2n) is 9.73. The molecular formula is C24H36O3. The van der Waals surface area contributed by atoms with Crippen LogP contribution >= 0.6 is 0 Å². The molecular weight excluding hydrogens is 336 g/mol. The Morgan fingerprint density at radius 3 is 2.70 bits per heavy atom. The van der Waals surface area contributed by atoms with Crippen molar-refractivity contribution >= 4 is 5.78 Å². The third-order valence-corrected chi connectivity index (χ3v) is 6.76. The van der Waals surface area contributed by atoms with Crippen molar-refractivity contribution in [3.63, 3.8) is 0 Å². The van der Waals surface area contributed by atoms with Crippen molar-refractivity contribution in [2.24, 2.45) is 11.3 Å². The Hall–Kier alpha value is -1.35. The first kappa shape index (κ1) is 20.4. The van der Waals surface area contributed by atoms with Crippen LogP contribution in [0, 0.1) is 11.3 Å². The molecule has 3 nitrogen and oxygen atoms in total. The van der Waals surface area contributed by atoms with Gasteiger partial charge in [0.15, 0.2) is 0 Å². The number of rotatable bonds is 6. The van der Waals surface area contributed by atoms with Crippen LogP contribution in [0.3, 0.4) is 0 Å². The van der Waals surface area contributed by atoms with Crippen molar-refractivity contribution in [1.29, 1.82) is 0 Å². The lowest BCUT2D eigenvalue weighted by Gasteiger charge is -2.47. The van der Waals surface area contributed by atoms with Gasteiger partial charge in [-0.2, -0.15) is 0 Å². The maximum Gasteiger partial charge on any atom is 0.136 e. The lowest BCUT2D eigenvalue weighted by Crippen LogP contribution is -2.47. The Kier molecular flexibility index (Phi) is 5.72. The van der Waals surface area contributed by atoms with Gasteiger partial charge in [-0.3, -0.25) is 4.79 Å². The van der Waals surface area contributed by atoms with Gasteiger partial charge in [0.2, 0.25) is 0 Å². The number of ketones is 1. The predicted molar refractivity (Wildman–Crippen MR) is 110 cm³/mol. The third-order valence-electron chi connectivity index (χ3n) is 6.76. The fourth-order valence-electron chi connectivity index (χ4n) is 5.03.